The van der Waals surface area contributed by atoms with Gasteiger partial charge in [-0.15, -0.1) is 0 Å². The fourth-order valence-electron chi connectivity index (χ4n) is 1.79. The molecule has 20 heavy (non-hydrogen) atoms. The van der Waals surface area contributed by atoms with Gasteiger partial charge in [0.2, 0.25) is 0 Å². The first kappa shape index (κ1) is 16.2. The molecule has 0 aliphatic carbocycles. The summed E-state index contributed by atoms with van der Waals surface area (Å²) in [5, 5.41) is 19.0. The summed E-state index contributed by atoms with van der Waals surface area (Å²) in [6, 6.07) is 6.18. The minimum Gasteiger partial charge on any atom is -0.490 e. The first-order valence-corrected chi connectivity index (χ1v) is 6.32. The van der Waals surface area contributed by atoms with E-state index >= 15 is 0 Å². The monoisotopic (exact) mass is 285 g/mol. The number of aliphatic hydroxyl groups excluding tert-OH is 1. The summed E-state index contributed by atoms with van der Waals surface area (Å²) >= 11 is 0. The van der Waals surface area contributed by atoms with Gasteiger partial charge >= 0.3 is 6.61 Å². The summed E-state index contributed by atoms with van der Waals surface area (Å²) in [6.07, 6.45) is -0.512. The summed E-state index contributed by atoms with van der Waals surface area (Å²) in [5.41, 5.74) is 0.434. The third kappa shape index (κ3) is 4.07. The summed E-state index contributed by atoms with van der Waals surface area (Å²) in [5.74, 6) is -0.536. The van der Waals surface area contributed by atoms with Crippen molar-refractivity contribution < 1.29 is 23.4 Å². The molecule has 6 heteroatoms. The molecule has 0 saturated carbocycles. The van der Waals surface area contributed by atoms with Crippen LogP contribution in [0.15, 0.2) is 18.2 Å². The number of aliphatic hydroxyl groups is 1. The molecule has 0 bridgehead atoms. The molecule has 110 valence electrons. The van der Waals surface area contributed by atoms with Crippen LogP contribution >= 0.6 is 0 Å². The van der Waals surface area contributed by atoms with Crippen molar-refractivity contribution >= 4 is 0 Å². The van der Waals surface area contributed by atoms with Crippen molar-refractivity contribution in [3.8, 4) is 17.6 Å². The molecule has 0 saturated heterocycles. The number of ether oxygens (including phenoxy) is 2. The largest absolute Gasteiger partial charge is 0.490 e. The van der Waals surface area contributed by atoms with Crippen molar-refractivity contribution in [3.63, 3.8) is 0 Å². The van der Waals surface area contributed by atoms with Crippen LogP contribution in [0.4, 0.5) is 8.78 Å². The van der Waals surface area contributed by atoms with E-state index in [4.69, 9.17) is 10.00 Å². The number of halogens is 2. The molecule has 0 spiro atoms. The smallest absolute Gasteiger partial charge is 0.387 e. The maximum Gasteiger partial charge on any atom is 0.387 e. The first-order valence-electron chi connectivity index (χ1n) is 6.32. The van der Waals surface area contributed by atoms with Crippen molar-refractivity contribution in [3.05, 3.63) is 23.8 Å². The third-order valence-electron chi connectivity index (χ3n) is 2.81. The second-order valence-corrected chi connectivity index (χ2v) is 4.11. The predicted octanol–water partition coefficient (Wildman–Crippen LogP) is 3.27. The van der Waals surface area contributed by atoms with Crippen LogP contribution in [0, 0.1) is 17.2 Å². The zero-order valence-corrected chi connectivity index (χ0v) is 11.3. The van der Waals surface area contributed by atoms with Crippen molar-refractivity contribution in [2.75, 3.05) is 6.61 Å². The molecule has 1 aromatic rings. The Morgan fingerprint density at radius 3 is 2.50 bits per heavy atom. The topological polar surface area (TPSA) is 62.5 Å². The van der Waals surface area contributed by atoms with Crippen molar-refractivity contribution in [1.29, 1.82) is 5.26 Å². The van der Waals surface area contributed by atoms with Crippen LogP contribution in [0.1, 0.15) is 31.9 Å². The zero-order valence-electron chi connectivity index (χ0n) is 11.3. The van der Waals surface area contributed by atoms with Gasteiger partial charge in [0, 0.05) is 0 Å². The number of benzene rings is 1. The summed E-state index contributed by atoms with van der Waals surface area (Å²) < 4.78 is 34.1. The molecule has 0 fully saturated rings. The van der Waals surface area contributed by atoms with Gasteiger partial charge in [-0.3, -0.25) is 0 Å². The van der Waals surface area contributed by atoms with Gasteiger partial charge in [0.15, 0.2) is 11.5 Å². The van der Waals surface area contributed by atoms with Crippen LogP contribution in [-0.4, -0.2) is 18.3 Å². The molecule has 4 nitrogen and oxygen atoms in total. The summed E-state index contributed by atoms with van der Waals surface area (Å²) in [4.78, 5) is 0. The van der Waals surface area contributed by atoms with Gasteiger partial charge in [-0.1, -0.05) is 13.0 Å². The Bertz CT molecular complexity index is 474. The Labute approximate surface area is 116 Å². The number of hydrogen-bond acceptors (Lipinski definition) is 4. The molecule has 1 rings (SSSR count). The Balaban J connectivity index is 3.06. The number of nitriles is 1. The number of nitrogens with zero attached hydrogens (tertiary/aromatic N) is 1. The number of hydrogen-bond donors (Lipinski definition) is 1. The maximum atomic E-state index is 12.3. The highest BCUT2D eigenvalue weighted by molar-refractivity contribution is 5.44. The predicted molar refractivity (Wildman–Crippen MR) is 68.6 cm³/mol. The van der Waals surface area contributed by atoms with Crippen LogP contribution in [0.2, 0.25) is 0 Å². The molecule has 1 aromatic carbocycles. The number of rotatable bonds is 7. The minimum atomic E-state index is -2.95. The SMILES string of the molecule is CCOc1cc(C(O)C(C#N)CC)ccc1OC(F)F. The highest BCUT2D eigenvalue weighted by Gasteiger charge is 2.21. The molecule has 2 atom stereocenters. The lowest BCUT2D eigenvalue weighted by molar-refractivity contribution is -0.0514. The van der Waals surface area contributed by atoms with E-state index in [1.54, 1.807) is 13.8 Å². The van der Waals surface area contributed by atoms with Crippen molar-refractivity contribution in [1.82, 2.24) is 0 Å². The Kier molecular flexibility index (Phi) is 6.19. The van der Waals surface area contributed by atoms with E-state index in [9.17, 15) is 13.9 Å². The first-order chi connectivity index (χ1) is 9.53. The van der Waals surface area contributed by atoms with Gasteiger partial charge in [-0.2, -0.15) is 14.0 Å². The molecule has 0 aromatic heterocycles. The van der Waals surface area contributed by atoms with E-state index in [-0.39, 0.29) is 18.1 Å². The normalized spacial score (nSPS) is 13.7. The third-order valence-corrected chi connectivity index (χ3v) is 2.81. The molecule has 0 heterocycles. The van der Waals surface area contributed by atoms with Crippen LogP contribution in [0.25, 0.3) is 0 Å². The van der Waals surface area contributed by atoms with Gasteiger partial charge < -0.3 is 14.6 Å². The van der Waals surface area contributed by atoms with Crippen molar-refractivity contribution in [2.24, 2.45) is 5.92 Å². The molecule has 0 radical (unpaired) electrons. The van der Waals surface area contributed by atoms with Crippen LogP contribution in [0.3, 0.4) is 0 Å². The lowest BCUT2D eigenvalue weighted by Crippen LogP contribution is -2.11. The fraction of sp³-hybridized carbons (Fsp3) is 0.500. The lowest BCUT2D eigenvalue weighted by Gasteiger charge is -2.18. The van der Waals surface area contributed by atoms with Gasteiger partial charge in [-0.05, 0) is 31.0 Å². The van der Waals surface area contributed by atoms with Crippen LogP contribution < -0.4 is 9.47 Å². The van der Waals surface area contributed by atoms with Crippen LogP contribution in [0.5, 0.6) is 11.5 Å². The van der Waals surface area contributed by atoms with Gasteiger partial charge in [-0.25, -0.2) is 0 Å². The molecule has 0 aliphatic heterocycles. The highest BCUT2D eigenvalue weighted by Crippen LogP contribution is 2.34. The Hall–Kier alpha value is -1.87. The van der Waals surface area contributed by atoms with Gasteiger partial charge in [0.05, 0.1) is 24.7 Å². The Morgan fingerprint density at radius 1 is 1.30 bits per heavy atom. The second-order valence-electron chi connectivity index (χ2n) is 4.11. The molecular formula is C14H17F2NO3. The molecule has 2 unspecified atom stereocenters. The van der Waals surface area contributed by atoms with E-state index in [2.05, 4.69) is 4.74 Å². The van der Waals surface area contributed by atoms with E-state index in [0.29, 0.717) is 12.0 Å². The number of alkyl halides is 2. The maximum absolute atomic E-state index is 12.3. The van der Waals surface area contributed by atoms with Crippen LogP contribution in [-0.2, 0) is 0 Å². The zero-order chi connectivity index (χ0) is 15.1. The Morgan fingerprint density at radius 2 is 2.00 bits per heavy atom. The van der Waals surface area contributed by atoms with E-state index < -0.39 is 18.6 Å². The molecule has 1 N–H and O–H groups in total. The van der Waals surface area contributed by atoms with Gasteiger partial charge in [0.25, 0.3) is 0 Å². The average Bonchev–Trinajstić information content (AvgIpc) is 2.41. The average molecular weight is 285 g/mol. The standard InChI is InChI=1S/C14H17F2NO3/c1-3-9(8-17)13(18)10-5-6-11(20-14(15)16)12(7-10)19-4-2/h5-7,9,13-14,18H,3-4H2,1-2H3. The molecule has 0 aliphatic rings. The summed E-state index contributed by atoms with van der Waals surface area (Å²) in [6.45, 7) is 0.815. The molecular weight excluding hydrogens is 268 g/mol. The molecule has 0 amide bonds. The minimum absolute atomic E-state index is 0.0946. The van der Waals surface area contributed by atoms with E-state index in [0.717, 1.165) is 0 Å². The van der Waals surface area contributed by atoms with Crippen molar-refractivity contribution in [2.45, 2.75) is 33.0 Å². The summed E-state index contributed by atoms with van der Waals surface area (Å²) in [7, 11) is 0. The fourth-order valence-corrected chi connectivity index (χ4v) is 1.79. The van der Waals surface area contributed by atoms with Gasteiger partial charge in [0.1, 0.15) is 0 Å². The van der Waals surface area contributed by atoms with E-state index in [1.807, 2.05) is 6.07 Å². The quantitative estimate of drug-likeness (QED) is 0.835. The lowest BCUT2D eigenvalue weighted by atomic mass is 9.94. The highest BCUT2D eigenvalue weighted by atomic mass is 19.3. The second kappa shape index (κ2) is 7.65. The van der Waals surface area contributed by atoms with E-state index in [1.165, 1.54) is 18.2 Å².